The molecule has 1 amide bonds. The molecule has 2 fully saturated rings. The van der Waals surface area contributed by atoms with E-state index in [0.717, 1.165) is 43.2 Å². The zero-order chi connectivity index (χ0) is 13.3. The molecule has 0 spiro atoms. The van der Waals surface area contributed by atoms with E-state index in [1.807, 2.05) is 0 Å². The lowest BCUT2D eigenvalue weighted by Gasteiger charge is -2.12. The van der Waals surface area contributed by atoms with Crippen LogP contribution in [-0.2, 0) is 11.2 Å². The minimum absolute atomic E-state index is 0.0116. The van der Waals surface area contributed by atoms with Crippen molar-refractivity contribution in [1.82, 2.24) is 10.3 Å². The third-order valence-electron chi connectivity index (χ3n) is 3.82. The van der Waals surface area contributed by atoms with Crippen LogP contribution in [0.4, 0.5) is 5.13 Å². The number of carbonyl (C=O) groups excluding carboxylic acids is 1. The fraction of sp³-hybridized carbons (Fsp3) is 0.692. The molecule has 0 bridgehead atoms. The summed E-state index contributed by atoms with van der Waals surface area (Å²) in [5.41, 5.74) is 6.32. The maximum Gasteiger partial charge on any atom is 0.240 e. The second-order valence-electron chi connectivity index (χ2n) is 5.48. The van der Waals surface area contributed by atoms with Gasteiger partial charge in [-0.3, -0.25) is 4.79 Å². The Morgan fingerprint density at radius 3 is 2.89 bits per heavy atom. The molecule has 1 aromatic heterocycles. The van der Waals surface area contributed by atoms with Gasteiger partial charge in [0.2, 0.25) is 5.91 Å². The van der Waals surface area contributed by atoms with Crippen LogP contribution < -0.4 is 16.0 Å². The quantitative estimate of drug-likeness (QED) is 0.840. The Balaban J connectivity index is 1.46. The van der Waals surface area contributed by atoms with E-state index in [2.05, 4.69) is 20.6 Å². The maximum atomic E-state index is 11.7. The fourth-order valence-electron chi connectivity index (χ4n) is 2.31. The normalized spacial score (nSPS) is 20.6. The van der Waals surface area contributed by atoms with Gasteiger partial charge in [-0.2, -0.15) is 0 Å². The first-order chi connectivity index (χ1) is 9.17. The predicted molar refractivity (Wildman–Crippen MR) is 76.4 cm³/mol. The first-order valence-corrected chi connectivity index (χ1v) is 7.82. The van der Waals surface area contributed by atoms with Crippen molar-refractivity contribution in [2.24, 2.45) is 5.73 Å². The Kier molecular flexibility index (Phi) is 3.45. The highest BCUT2D eigenvalue weighted by molar-refractivity contribution is 7.13. The number of nitrogens with one attached hydrogen (secondary N) is 1. The molecule has 0 aromatic carbocycles. The van der Waals surface area contributed by atoms with Gasteiger partial charge in [0.15, 0.2) is 5.13 Å². The van der Waals surface area contributed by atoms with E-state index >= 15 is 0 Å². The molecule has 3 N–H and O–H groups in total. The number of anilines is 1. The highest BCUT2D eigenvalue weighted by atomic mass is 32.1. The van der Waals surface area contributed by atoms with Crippen LogP contribution in [0.2, 0.25) is 0 Å². The molecule has 19 heavy (non-hydrogen) atoms. The molecule has 1 aromatic rings. The third kappa shape index (κ3) is 2.90. The van der Waals surface area contributed by atoms with Gasteiger partial charge in [-0.1, -0.05) is 0 Å². The summed E-state index contributed by atoms with van der Waals surface area (Å²) in [5.74, 6) is -0.0116. The standard InChI is InChI=1S/C13H20N4OS/c14-13(4-5-13)11(18)15-6-3-10-9-19-12(16-10)17-7-1-2-8-17/h9H,1-8,14H2,(H,15,18). The summed E-state index contributed by atoms with van der Waals surface area (Å²) in [4.78, 5) is 18.6. The van der Waals surface area contributed by atoms with Crippen LogP contribution in [0.15, 0.2) is 5.38 Å². The Hall–Kier alpha value is -1.14. The zero-order valence-electron chi connectivity index (χ0n) is 11.0. The SMILES string of the molecule is NC1(C(=O)NCCc2csc(N3CCCC3)n2)CC1. The smallest absolute Gasteiger partial charge is 0.240 e. The molecule has 1 aliphatic carbocycles. The molecular formula is C13H20N4OS. The molecule has 5 nitrogen and oxygen atoms in total. The van der Waals surface area contributed by atoms with E-state index in [1.165, 1.54) is 12.8 Å². The van der Waals surface area contributed by atoms with E-state index < -0.39 is 5.54 Å². The Morgan fingerprint density at radius 2 is 2.21 bits per heavy atom. The molecule has 0 radical (unpaired) electrons. The van der Waals surface area contributed by atoms with Crippen molar-refractivity contribution in [1.29, 1.82) is 0 Å². The zero-order valence-corrected chi connectivity index (χ0v) is 11.8. The van der Waals surface area contributed by atoms with Gasteiger partial charge in [0.05, 0.1) is 11.2 Å². The number of nitrogens with zero attached hydrogens (tertiary/aromatic N) is 2. The predicted octanol–water partition coefficient (Wildman–Crippen LogP) is 0.893. The van der Waals surface area contributed by atoms with E-state index in [9.17, 15) is 4.79 Å². The number of aromatic nitrogens is 1. The van der Waals surface area contributed by atoms with Crippen LogP contribution in [-0.4, -0.2) is 36.1 Å². The second kappa shape index (κ2) is 5.09. The van der Waals surface area contributed by atoms with Crippen LogP contribution in [0.25, 0.3) is 0 Å². The van der Waals surface area contributed by atoms with Crippen LogP contribution >= 0.6 is 11.3 Å². The van der Waals surface area contributed by atoms with Crippen LogP contribution in [0.3, 0.4) is 0 Å². The average molecular weight is 280 g/mol. The summed E-state index contributed by atoms with van der Waals surface area (Å²) in [7, 11) is 0. The Morgan fingerprint density at radius 1 is 1.47 bits per heavy atom. The Bertz CT molecular complexity index is 463. The van der Waals surface area contributed by atoms with Gasteiger partial charge >= 0.3 is 0 Å². The maximum absolute atomic E-state index is 11.7. The van der Waals surface area contributed by atoms with Crippen LogP contribution in [0.5, 0.6) is 0 Å². The van der Waals surface area contributed by atoms with E-state index in [1.54, 1.807) is 11.3 Å². The molecule has 6 heteroatoms. The molecule has 0 unspecified atom stereocenters. The minimum atomic E-state index is -0.567. The summed E-state index contributed by atoms with van der Waals surface area (Å²) in [6.07, 6.45) is 4.95. The van der Waals surface area contributed by atoms with Crippen LogP contribution in [0, 0.1) is 0 Å². The van der Waals surface area contributed by atoms with Crippen molar-refractivity contribution in [3.63, 3.8) is 0 Å². The molecule has 1 saturated carbocycles. The Labute approximate surface area is 117 Å². The lowest BCUT2D eigenvalue weighted by molar-refractivity contribution is -0.123. The molecule has 3 rings (SSSR count). The lowest BCUT2D eigenvalue weighted by atomic mass is 10.2. The summed E-state index contributed by atoms with van der Waals surface area (Å²) in [6, 6.07) is 0. The number of nitrogens with two attached hydrogens (primary N) is 1. The number of hydrogen-bond acceptors (Lipinski definition) is 5. The van der Waals surface area contributed by atoms with Gasteiger partial charge < -0.3 is 16.0 Å². The largest absolute Gasteiger partial charge is 0.354 e. The summed E-state index contributed by atoms with van der Waals surface area (Å²) in [6.45, 7) is 2.87. The average Bonchev–Trinajstić information content (AvgIpc) is 2.88. The number of rotatable bonds is 5. The number of amides is 1. The number of hydrogen-bond donors (Lipinski definition) is 2. The van der Waals surface area contributed by atoms with Gasteiger partial charge in [-0.05, 0) is 25.7 Å². The molecule has 2 heterocycles. The van der Waals surface area contributed by atoms with Crippen molar-refractivity contribution in [3.05, 3.63) is 11.1 Å². The highest BCUT2D eigenvalue weighted by Gasteiger charge is 2.45. The van der Waals surface area contributed by atoms with Gasteiger partial charge in [-0.15, -0.1) is 11.3 Å². The molecule has 2 aliphatic rings. The lowest BCUT2D eigenvalue weighted by Crippen LogP contribution is -2.43. The molecule has 104 valence electrons. The van der Waals surface area contributed by atoms with Gasteiger partial charge in [0.1, 0.15) is 0 Å². The first-order valence-electron chi connectivity index (χ1n) is 6.94. The summed E-state index contributed by atoms with van der Waals surface area (Å²) in [5, 5.41) is 6.11. The number of carbonyl (C=O) groups is 1. The monoisotopic (exact) mass is 280 g/mol. The topological polar surface area (TPSA) is 71.2 Å². The second-order valence-corrected chi connectivity index (χ2v) is 6.31. The van der Waals surface area contributed by atoms with Crippen molar-refractivity contribution >= 4 is 22.4 Å². The number of thiazole rings is 1. The van der Waals surface area contributed by atoms with Crippen molar-refractivity contribution in [3.8, 4) is 0 Å². The van der Waals surface area contributed by atoms with Gasteiger partial charge in [0, 0.05) is 31.4 Å². The third-order valence-corrected chi connectivity index (χ3v) is 4.77. The van der Waals surface area contributed by atoms with Gasteiger partial charge in [-0.25, -0.2) is 4.98 Å². The highest BCUT2D eigenvalue weighted by Crippen LogP contribution is 2.32. The van der Waals surface area contributed by atoms with Crippen molar-refractivity contribution in [2.45, 2.75) is 37.6 Å². The van der Waals surface area contributed by atoms with Crippen LogP contribution in [0.1, 0.15) is 31.4 Å². The molecule has 1 aliphatic heterocycles. The molecule has 0 atom stereocenters. The van der Waals surface area contributed by atoms with Gasteiger partial charge in [0.25, 0.3) is 0 Å². The van der Waals surface area contributed by atoms with E-state index in [-0.39, 0.29) is 5.91 Å². The fourth-order valence-corrected chi connectivity index (χ4v) is 3.22. The summed E-state index contributed by atoms with van der Waals surface area (Å²) >= 11 is 1.70. The van der Waals surface area contributed by atoms with Crippen molar-refractivity contribution in [2.75, 3.05) is 24.5 Å². The molecular weight excluding hydrogens is 260 g/mol. The molecule has 1 saturated heterocycles. The van der Waals surface area contributed by atoms with E-state index in [0.29, 0.717) is 6.54 Å². The first kappa shape index (κ1) is 12.9. The minimum Gasteiger partial charge on any atom is -0.354 e. The summed E-state index contributed by atoms with van der Waals surface area (Å²) < 4.78 is 0. The van der Waals surface area contributed by atoms with E-state index in [4.69, 9.17) is 5.73 Å². The van der Waals surface area contributed by atoms with Crippen molar-refractivity contribution < 1.29 is 4.79 Å².